The molecule has 0 spiro atoms. The van der Waals surface area contributed by atoms with E-state index in [2.05, 4.69) is 27.7 Å². The topological polar surface area (TPSA) is 26.3 Å². The van der Waals surface area contributed by atoms with Gasteiger partial charge in [0.25, 0.3) is 6.72 Å². The smallest absolute Gasteiger partial charge is 0.290 e. The summed E-state index contributed by atoms with van der Waals surface area (Å²) in [5, 5.41) is 0. The predicted octanol–water partition coefficient (Wildman–Crippen LogP) is 6.48. The summed E-state index contributed by atoms with van der Waals surface area (Å²) in [5.74, 6) is 1.74. The first-order valence-electron chi connectivity index (χ1n) is 8.32. The summed E-state index contributed by atoms with van der Waals surface area (Å²) < 4.78 is 18.4. The third-order valence-corrected chi connectivity index (χ3v) is 6.72. The van der Waals surface area contributed by atoms with Gasteiger partial charge in [0.15, 0.2) is 0 Å². The molecule has 0 amide bonds. The van der Waals surface area contributed by atoms with Crippen LogP contribution in [-0.4, -0.2) is 12.3 Å². The average Bonchev–Trinajstić information content (AvgIpc) is 2.34. The second-order valence-corrected chi connectivity index (χ2v) is 10.2. The van der Waals surface area contributed by atoms with Gasteiger partial charge in [0.2, 0.25) is 0 Å². The molecular weight excluding hydrogens is 291 g/mol. The van der Waals surface area contributed by atoms with Crippen molar-refractivity contribution in [1.82, 2.24) is 0 Å². The lowest BCUT2D eigenvalue weighted by Gasteiger charge is -2.37. The molecule has 0 aromatic carbocycles. The van der Waals surface area contributed by atoms with E-state index in [1.54, 1.807) is 0 Å². The van der Waals surface area contributed by atoms with Gasteiger partial charge in [-0.25, -0.2) is 0 Å². The van der Waals surface area contributed by atoms with E-state index >= 15 is 0 Å². The fourth-order valence-corrected chi connectivity index (χ4v) is 5.24. The van der Waals surface area contributed by atoms with E-state index in [4.69, 9.17) is 15.8 Å². The van der Waals surface area contributed by atoms with Crippen molar-refractivity contribution in [3.05, 3.63) is 0 Å². The third kappa shape index (κ3) is 6.50. The van der Waals surface area contributed by atoms with Gasteiger partial charge in [-0.1, -0.05) is 53.4 Å². The van der Waals surface area contributed by atoms with Gasteiger partial charge < -0.3 is 4.52 Å². The Morgan fingerprint density at radius 1 is 1.25 bits per heavy atom. The fourth-order valence-electron chi connectivity index (χ4n) is 3.22. The van der Waals surface area contributed by atoms with Crippen LogP contribution in [0, 0.1) is 17.8 Å². The van der Waals surface area contributed by atoms with Crippen LogP contribution in [0.1, 0.15) is 72.6 Å². The van der Waals surface area contributed by atoms with E-state index in [-0.39, 0.29) is 6.10 Å². The molecule has 0 aromatic rings. The monoisotopic (exact) mass is 322 g/mol. The quantitative estimate of drug-likeness (QED) is 0.378. The normalized spacial score (nSPS) is 30.4. The third-order valence-electron chi connectivity index (χ3n) is 4.53. The zero-order valence-corrected chi connectivity index (χ0v) is 15.3. The van der Waals surface area contributed by atoms with E-state index in [9.17, 15) is 4.57 Å². The van der Waals surface area contributed by atoms with E-state index < -0.39 is 6.72 Å². The van der Waals surface area contributed by atoms with Crippen molar-refractivity contribution in [3.8, 4) is 0 Å². The Bertz CT molecular complexity index is 320. The molecule has 1 fully saturated rings. The Balaban J connectivity index is 2.51. The van der Waals surface area contributed by atoms with Gasteiger partial charge in [-0.3, -0.25) is 4.57 Å². The van der Waals surface area contributed by atoms with Crippen LogP contribution in [0.5, 0.6) is 0 Å². The van der Waals surface area contributed by atoms with Gasteiger partial charge in [-0.05, 0) is 48.3 Å². The average molecular weight is 323 g/mol. The second-order valence-electron chi connectivity index (χ2n) is 6.84. The van der Waals surface area contributed by atoms with Crippen molar-refractivity contribution in [2.24, 2.45) is 17.8 Å². The van der Waals surface area contributed by atoms with Crippen LogP contribution in [0.2, 0.25) is 0 Å². The summed E-state index contributed by atoms with van der Waals surface area (Å²) in [4.78, 5) is 0. The molecule has 20 heavy (non-hydrogen) atoms. The van der Waals surface area contributed by atoms with E-state index in [1.807, 2.05) is 0 Å². The molecule has 1 aliphatic rings. The Hall–Kier alpha value is 0.480. The molecule has 0 bridgehead atoms. The minimum Gasteiger partial charge on any atom is -0.314 e. The zero-order chi connectivity index (χ0) is 15.2. The van der Waals surface area contributed by atoms with E-state index in [1.165, 1.54) is 25.7 Å². The molecule has 4 atom stereocenters. The summed E-state index contributed by atoms with van der Waals surface area (Å²) in [6, 6.07) is 0. The Morgan fingerprint density at radius 3 is 2.55 bits per heavy atom. The van der Waals surface area contributed by atoms with Crippen LogP contribution in [0.4, 0.5) is 0 Å². The lowest BCUT2D eigenvalue weighted by molar-refractivity contribution is 0.0508. The first kappa shape index (κ1) is 18.5. The molecule has 1 saturated carbocycles. The largest absolute Gasteiger partial charge is 0.314 e. The molecule has 120 valence electrons. The molecule has 0 saturated heterocycles. The van der Waals surface area contributed by atoms with Crippen molar-refractivity contribution >= 4 is 18.0 Å². The van der Waals surface area contributed by atoms with Gasteiger partial charge in [0.05, 0.1) is 6.10 Å². The Morgan fingerprint density at radius 2 is 1.95 bits per heavy atom. The summed E-state index contributed by atoms with van der Waals surface area (Å²) in [6.07, 6.45) is 8.46. The number of hydrogen-bond donors (Lipinski definition) is 0. The van der Waals surface area contributed by atoms with Gasteiger partial charge in [0, 0.05) is 6.16 Å². The van der Waals surface area contributed by atoms with Crippen molar-refractivity contribution in [1.29, 1.82) is 0 Å². The van der Waals surface area contributed by atoms with Gasteiger partial charge >= 0.3 is 0 Å². The van der Waals surface area contributed by atoms with Crippen molar-refractivity contribution < 1.29 is 9.09 Å². The summed E-state index contributed by atoms with van der Waals surface area (Å²) in [6.45, 7) is 5.97. The summed E-state index contributed by atoms with van der Waals surface area (Å²) >= 11 is 6.20. The second kappa shape index (κ2) is 8.81. The van der Waals surface area contributed by atoms with Crippen LogP contribution in [0.3, 0.4) is 0 Å². The molecule has 1 aliphatic carbocycles. The highest BCUT2D eigenvalue weighted by Gasteiger charge is 2.35. The minimum absolute atomic E-state index is 0.0910. The molecule has 0 heterocycles. The number of rotatable bonds is 8. The minimum atomic E-state index is -2.93. The first-order valence-corrected chi connectivity index (χ1v) is 11.0. The first-order chi connectivity index (χ1) is 9.35. The maximum Gasteiger partial charge on any atom is 0.290 e. The number of unbranched alkanes of at least 4 members (excludes halogenated alkanes) is 3. The highest BCUT2D eigenvalue weighted by molar-refractivity contribution is 7.85. The van der Waals surface area contributed by atoms with Gasteiger partial charge in [-0.2, -0.15) is 0 Å². The lowest BCUT2D eigenvalue weighted by atomic mass is 9.75. The maximum atomic E-state index is 12.5. The highest BCUT2D eigenvalue weighted by atomic mass is 35.7. The Kier molecular flexibility index (Phi) is 8.16. The van der Waals surface area contributed by atoms with Crippen LogP contribution in [-0.2, 0) is 9.09 Å². The predicted molar refractivity (Wildman–Crippen MR) is 88.7 cm³/mol. The van der Waals surface area contributed by atoms with Crippen LogP contribution in [0.25, 0.3) is 0 Å². The zero-order valence-electron chi connectivity index (χ0n) is 13.6. The van der Waals surface area contributed by atoms with Gasteiger partial charge in [0.1, 0.15) is 0 Å². The maximum absolute atomic E-state index is 12.5. The number of halogens is 1. The Labute approximate surface area is 130 Å². The molecule has 0 aromatic heterocycles. The van der Waals surface area contributed by atoms with Crippen LogP contribution in [0.15, 0.2) is 0 Å². The highest BCUT2D eigenvalue weighted by Crippen LogP contribution is 2.56. The standard InChI is InChI=1S/C16H32ClO2P/c1-5-6-7-8-11-20(17,18)19-16-12-14(4)9-10-15(16)13(2)3/h13-16H,5-12H2,1-4H3/t14-,15+,16-,20-/m1/s1. The molecule has 0 N–H and O–H groups in total. The van der Waals surface area contributed by atoms with Crippen molar-refractivity contribution in [3.63, 3.8) is 0 Å². The summed E-state index contributed by atoms with van der Waals surface area (Å²) in [5.41, 5.74) is 0. The number of hydrogen-bond acceptors (Lipinski definition) is 2. The summed E-state index contributed by atoms with van der Waals surface area (Å²) in [7, 11) is 0. The van der Waals surface area contributed by atoms with Crippen LogP contribution >= 0.6 is 18.0 Å². The van der Waals surface area contributed by atoms with Crippen molar-refractivity contribution in [2.75, 3.05) is 6.16 Å². The van der Waals surface area contributed by atoms with Gasteiger partial charge in [-0.15, -0.1) is 0 Å². The SMILES string of the molecule is CCCCCC[P@](=O)(Cl)O[C@@H]1C[C@H](C)CC[C@H]1C(C)C. The van der Waals surface area contributed by atoms with E-state index in [0.717, 1.165) is 19.3 Å². The van der Waals surface area contributed by atoms with E-state index in [0.29, 0.717) is 23.9 Å². The molecular formula is C16H32ClO2P. The molecule has 1 rings (SSSR count). The van der Waals surface area contributed by atoms with Crippen molar-refractivity contribution in [2.45, 2.75) is 78.7 Å². The molecule has 0 unspecified atom stereocenters. The van der Waals surface area contributed by atoms with Crippen LogP contribution < -0.4 is 0 Å². The molecule has 0 radical (unpaired) electrons. The molecule has 0 aliphatic heterocycles. The molecule has 4 heteroatoms. The molecule has 2 nitrogen and oxygen atoms in total. The lowest BCUT2D eigenvalue weighted by Crippen LogP contribution is -2.33. The fraction of sp³-hybridized carbons (Fsp3) is 1.00.